The minimum Gasteiger partial charge on any atom is -0.508 e. The number of carboxylic acid groups (broad SMARTS) is 1. The van der Waals surface area contributed by atoms with Gasteiger partial charge in [-0.25, -0.2) is 9.79 Å². The molecule has 0 unspecified atom stereocenters. The predicted octanol–water partition coefficient (Wildman–Crippen LogP) is 2.99. The Morgan fingerprint density at radius 1 is 1.27 bits per heavy atom. The molecule has 7 nitrogen and oxygen atoms in total. The second-order valence-electron chi connectivity index (χ2n) is 5.26. The van der Waals surface area contributed by atoms with E-state index in [-0.39, 0.29) is 28.1 Å². The number of phenolic OH excluding ortho intramolecular Hbond substituents is 1. The molecule has 1 heterocycles. The Labute approximate surface area is 153 Å². The maximum Gasteiger partial charge on any atom is 0.338 e. The fourth-order valence-corrected chi connectivity index (χ4v) is 3.10. The van der Waals surface area contributed by atoms with Crippen molar-refractivity contribution < 1.29 is 24.5 Å². The maximum atomic E-state index is 12.1. The Balaban J connectivity index is 1.89. The highest BCUT2D eigenvalue weighted by Gasteiger charge is 2.24. The van der Waals surface area contributed by atoms with Gasteiger partial charge in [-0.1, -0.05) is 12.1 Å². The highest BCUT2D eigenvalue weighted by molar-refractivity contribution is 8.18. The van der Waals surface area contributed by atoms with E-state index in [0.717, 1.165) is 23.4 Å². The van der Waals surface area contributed by atoms with Crippen molar-refractivity contribution in [2.75, 3.05) is 7.11 Å². The molecule has 0 radical (unpaired) electrons. The quantitative estimate of drug-likeness (QED) is 0.714. The van der Waals surface area contributed by atoms with Gasteiger partial charge in [-0.3, -0.25) is 4.79 Å². The van der Waals surface area contributed by atoms with Crippen molar-refractivity contribution in [3.05, 3.63) is 58.5 Å². The normalized spacial score (nSPS) is 16.7. The van der Waals surface area contributed by atoms with Crippen molar-refractivity contribution in [2.24, 2.45) is 4.99 Å². The lowest BCUT2D eigenvalue weighted by Gasteiger charge is -2.02. The van der Waals surface area contributed by atoms with Crippen LogP contribution in [0, 0.1) is 0 Å². The third kappa shape index (κ3) is 3.86. The summed E-state index contributed by atoms with van der Waals surface area (Å²) in [4.78, 5) is 28.0. The molecule has 1 amide bonds. The zero-order valence-corrected chi connectivity index (χ0v) is 14.4. The van der Waals surface area contributed by atoms with E-state index >= 15 is 0 Å². The van der Waals surface area contributed by atoms with E-state index in [0.29, 0.717) is 10.7 Å². The van der Waals surface area contributed by atoms with E-state index in [4.69, 9.17) is 4.74 Å². The van der Waals surface area contributed by atoms with Crippen molar-refractivity contribution in [1.82, 2.24) is 5.32 Å². The molecule has 3 N–H and O–H groups in total. The van der Waals surface area contributed by atoms with Gasteiger partial charge in [0, 0.05) is 0 Å². The van der Waals surface area contributed by atoms with Crippen LogP contribution in [-0.4, -0.2) is 34.4 Å². The van der Waals surface area contributed by atoms with Gasteiger partial charge in [0.1, 0.15) is 11.5 Å². The Morgan fingerprint density at radius 3 is 2.81 bits per heavy atom. The number of carbonyl (C=O) groups is 2. The summed E-state index contributed by atoms with van der Waals surface area (Å²) in [7, 11) is 1.56. The number of amides is 1. The molecular formula is C18H14N2O5S. The van der Waals surface area contributed by atoms with Gasteiger partial charge in [0.25, 0.3) is 5.91 Å². The minimum absolute atomic E-state index is 0.140. The number of hydrogen-bond donors (Lipinski definition) is 3. The van der Waals surface area contributed by atoms with Crippen molar-refractivity contribution in [3.63, 3.8) is 0 Å². The van der Waals surface area contributed by atoms with Gasteiger partial charge in [-0.2, -0.15) is 0 Å². The van der Waals surface area contributed by atoms with Crippen LogP contribution in [0.25, 0.3) is 6.08 Å². The van der Waals surface area contributed by atoms with Crippen LogP contribution in [0.1, 0.15) is 15.9 Å². The molecule has 2 aromatic carbocycles. The number of benzene rings is 2. The van der Waals surface area contributed by atoms with Gasteiger partial charge in [-0.15, -0.1) is 0 Å². The number of nitrogens with one attached hydrogen (secondary N) is 1. The number of carbonyl (C=O) groups excluding carboxylic acids is 1. The Hall–Kier alpha value is -3.26. The first-order valence-electron chi connectivity index (χ1n) is 7.46. The number of aromatic carboxylic acids is 1. The molecule has 0 aliphatic carbocycles. The average molecular weight is 370 g/mol. The fourth-order valence-electron chi connectivity index (χ4n) is 2.27. The smallest absolute Gasteiger partial charge is 0.338 e. The zero-order chi connectivity index (χ0) is 18.7. The summed E-state index contributed by atoms with van der Waals surface area (Å²) in [6, 6.07) is 11.1. The van der Waals surface area contributed by atoms with Crippen LogP contribution < -0.4 is 10.1 Å². The first-order chi connectivity index (χ1) is 12.5. The molecule has 2 aromatic rings. The number of rotatable bonds is 4. The third-order valence-electron chi connectivity index (χ3n) is 3.47. The van der Waals surface area contributed by atoms with Crippen LogP contribution in [0.5, 0.6) is 11.5 Å². The summed E-state index contributed by atoms with van der Waals surface area (Å²) in [6.07, 6.45) is 1.69. The molecule has 0 spiro atoms. The standard InChI is InChI=1S/C18H14N2O5S/c1-25-12-4-2-3-10(7-12)8-15-16(22)20-18(26-15)19-14-6-5-11(21)9-13(14)17(23)24/h2-9,21H,1H3,(H,23,24)(H,19,20,22)/b15-8-. The van der Waals surface area contributed by atoms with Gasteiger partial charge < -0.3 is 20.3 Å². The highest BCUT2D eigenvalue weighted by Crippen LogP contribution is 2.31. The van der Waals surface area contributed by atoms with E-state index in [2.05, 4.69) is 10.3 Å². The number of hydrogen-bond acceptors (Lipinski definition) is 6. The summed E-state index contributed by atoms with van der Waals surface area (Å²) in [5, 5.41) is 21.5. The van der Waals surface area contributed by atoms with E-state index in [1.165, 1.54) is 12.1 Å². The van der Waals surface area contributed by atoms with Gasteiger partial charge in [0.15, 0.2) is 5.17 Å². The van der Waals surface area contributed by atoms with Crippen LogP contribution in [-0.2, 0) is 4.79 Å². The molecule has 26 heavy (non-hydrogen) atoms. The highest BCUT2D eigenvalue weighted by atomic mass is 32.2. The summed E-state index contributed by atoms with van der Waals surface area (Å²) in [5.41, 5.74) is 0.775. The molecule has 3 rings (SSSR count). The fraction of sp³-hybridized carbons (Fsp3) is 0.0556. The summed E-state index contributed by atoms with van der Waals surface area (Å²) >= 11 is 1.10. The zero-order valence-electron chi connectivity index (χ0n) is 13.6. The topological polar surface area (TPSA) is 108 Å². The first-order valence-corrected chi connectivity index (χ1v) is 8.28. The molecule has 1 fully saturated rings. The summed E-state index contributed by atoms with van der Waals surface area (Å²) in [5.74, 6) is -1.05. The Bertz CT molecular complexity index is 952. The molecular weight excluding hydrogens is 356 g/mol. The lowest BCUT2D eigenvalue weighted by Crippen LogP contribution is -2.19. The molecule has 1 aliphatic heterocycles. The number of carboxylic acids is 1. The largest absolute Gasteiger partial charge is 0.508 e. The second kappa shape index (κ2) is 7.32. The Kier molecular flexibility index (Phi) is 4.94. The van der Waals surface area contributed by atoms with Crippen LogP contribution in [0.3, 0.4) is 0 Å². The van der Waals surface area contributed by atoms with E-state index < -0.39 is 5.97 Å². The van der Waals surface area contributed by atoms with Crippen molar-refractivity contribution >= 4 is 40.6 Å². The number of methoxy groups -OCH3 is 1. The van der Waals surface area contributed by atoms with Crippen molar-refractivity contribution in [1.29, 1.82) is 0 Å². The maximum absolute atomic E-state index is 12.1. The number of thioether (sulfide) groups is 1. The summed E-state index contributed by atoms with van der Waals surface area (Å²) in [6.45, 7) is 0. The number of phenols is 1. The number of nitrogens with zero attached hydrogens (tertiary/aromatic N) is 1. The van der Waals surface area contributed by atoms with Gasteiger partial charge >= 0.3 is 5.97 Å². The van der Waals surface area contributed by atoms with Gasteiger partial charge in [0.2, 0.25) is 0 Å². The number of amidine groups is 1. The summed E-state index contributed by atoms with van der Waals surface area (Å²) < 4.78 is 5.16. The van der Waals surface area contributed by atoms with Gasteiger partial charge in [-0.05, 0) is 53.7 Å². The molecule has 132 valence electrons. The second-order valence-corrected chi connectivity index (χ2v) is 6.30. The van der Waals surface area contributed by atoms with Gasteiger partial charge in [0.05, 0.1) is 23.3 Å². The van der Waals surface area contributed by atoms with Crippen molar-refractivity contribution in [3.8, 4) is 11.5 Å². The number of ether oxygens (including phenoxy) is 1. The van der Waals surface area contributed by atoms with Crippen LogP contribution >= 0.6 is 11.8 Å². The Morgan fingerprint density at radius 2 is 2.08 bits per heavy atom. The molecule has 8 heteroatoms. The SMILES string of the molecule is COc1cccc(/C=C2\SC(=Nc3ccc(O)cc3C(=O)O)NC2=O)c1. The lowest BCUT2D eigenvalue weighted by atomic mass is 10.2. The molecule has 0 bridgehead atoms. The van der Waals surface area contributed by atoms with E-state index in [1.807, 2.05) is 12.1 Å². The predicted molar refractivity (Wildman–Crippen MR) is 98.9 cm³/mol. The number of aliphatic imine (C=N–C) groups is 1. The lowest BCUT2D eigenvalue weighted by molar-refractivity contribution is -0.115. The van der Waals surface area contributed by atoms with Crippen LogP contribution in [0.2, 0.25) is 0 Å². The molecule has 0 aromatic heterocycles. The third-order valence-corrected chi connectivity index (χ3v) is 4.38. The monoisotopic (exact) mass is 370 g/mol. The molecule has 0 atom stereocenters. The van der Waals surface area contributed by atoms with E-state index in [9.17, 15) is 19.8 Å². The van der Waals surface area contributed by atoms with Crippen molar-refractivity contribution in [2.45, 2.75) is 0 Å². The average Bonchev–Trinajstić information content (AvgIpc) is 2.95. The van der Waals surface area contributed by atoms with E-state index in [1.54, 1.807) is 25.3 Å². The number of aromatic hydroxyl groups is 1. The van der Waals surface area contributed by atoms with Crippen LogP contribution in [0.4, 0.5) is 5.69 Å². The molecule has 1 aliphatic rings. The first kappa shape index (κ1) is 17.6. The van der Waals surface area contributed by atoms with Crippen LogP contribution in [0.15, 0.2) is 52.4 Å². The minimum atomic E-state index is -1.22. The molecule has 0 saturated carbocycles. The molecule has 1 saturated heterocycles.